The van der Waals surface area contributed by atoms with Gasteiger partial charge in [-0.25, -0.2) is 14.4 Å². The van der Waals surface area contributed by atoms with Crippen molar-refractivity contribution in [3.8, 4) is 0 Å². The molecule has 14 heteroatoms. The fraction of sp³-hybridized carbons (Fsp3) is 0.559. The summed E-state index contributed by atoms with van der Waals surface area (Å²) in [7, 11) is 0. The number of hydrogen-bond acceptors (Lipinski definition) is 13. The van der Waals surface area contributed by atoms with Crippen molar-refractivity contribution in [1.82, 2.24) is 0 Å². The highest BCUT2D eigenvalue weighted by atomic mass is 16.6. The summed E-state index contributed by atoms with van der Waals surface area (Å²) in [6.45, 7) is 9.56. The Bertz CT molecular complexity index is 945. The second-order valence-corrected chi connectivity index (χ2v) is 9.69. The number of aliphatic hydroxyl groups excluding tert-OH is 2. The Morgan fingerprint density at radius 1 is 0.625 bits per heavy atom. The van der Waals surface area contributed by atoms with E-state index in [1.165, 1.54) is 30.4 Å². The molecule has 0 aromatic heterocycles. The van der Waals surface area contributed by atoms with Gasteiger partial charge in [0.25, 0.3) is 0 Å². The molecular formula is C34H52O14. The van der Waals surface area contributed by atoms with Crippen molar-refractivity contribution in [1.29, 1.82) is 0 Å². The maximum Gasteiger partial charge on any atom is 0.331 e. The number of carboxylic acid groups (broad SMARTS) is 1. The van der Waals surface area contributed by atoms with Crippen LogP contribution in [0.4, 0.5) is 0 Å². The lowest BCUT2D eigenvalue weighted by Gasteiger charge is -2.16. The topological polar surface area (TPSA) is 192 Å². The first-order valence-corrected chi connectivity index (χ1v) is 15.6. The van der Waals surface area contributed by atoms with Gasteiger partial charge in [0.1, 0.15) is 24.4 Å². The van der Waals surface area contributed by atoms with Gasteiger partial charge in [-0.3, -0.25) is 0 Å². The van der Waals surface area contributed by atoms with Crippen molar-refractivity contribution in [2.24, 2.45) is 0 Å². The standard InChI is InChI=1S/C20H30O8.C8H14O4.C6H8O2/c1-3-5-7-9-19(23)27-17(13-21)15-25-11-12-26-16-18(14-22)28-20(24)10-8-6-4-2;1(9-3-7-5-11-7)2-10-4-8-6-12-8;1-2-3-4-5-6(7)8/h3-10,17-18,21-22H,11-16H2,1-2H3;7-8H,1-6H2;2-5H,1H3,(H,7,8)/b5-3+,6-4+,9-7+,10-8+;;3-2+,5-4+. The van der Waals surface area contributed by atoms with Gasteiger partial charge >= 0.3 is 17.9 Å². The molecule has 2 saturated heterocycles. The van der Waals surface area contributed by atoms with Crippen LogP contribution in [0.2, 0.25) is 0 Å². The number of ether oxygens (including phenoxy) is 8. The van der Waals surface area contributed by atoms with E-state index in [9.17, 15) is 24.6 Å². The highest BCUT2D eigenvalue weighted by Crippen LogP contribution is 2.09. The first-order chi connectivity index (χ1) is 23.3. The maximum atomic E-state index is 11.5. The molecule has 0 radical (unpaired) electrons. The number of esters is 2. The van der Waals surface area contributed by atoms with Crippen LogP contribution in [0.3, 0.4) is 0 Å². The quantitative estimate of drug-likeness (QED) is 0.0440. The minimum atomic E-state index is -0.914. The molecule has 14 nitrogen and oxygen atoms in total. The number of carbonyl (C=O) groups is 3. The van der Waals surface area contributed by atoms with E-state index in [1.54, 1.807) is 36.5 Å². The molecule has 0 bridgehead atoms. The highest BCUT2D eigenvalue weighted by molar-refractivity contribution is 5.82. The summed E-state index contributed by atoms with van der Waals surface area (Å²) in [6.07, 6.45) is 17.6. The number of epoxide rings is 2. The smallest absolute Gasteiger partial charge is 0.331 e. The molecule has 0 aromatic carbocycles. The number of aliphatic hydroxyl groups is 2. The molecule has 272 valence electrons. The number of carbonyl (C=O) groups excluding carboxylic acids is 2. The van der Waals surface area contributed by atoms with Gasteiger partial charge in [0.2, 0.25) is 0 Å². The van der Waals surface area contributed by atoms with E-state index in [1.807, 2.05) is 20.8 Å². The maximum absolute atomic E-state index is 11.5. The fourth-order valence-corrected chi connectivity index (χ4v) is 2.82. The van der Waals surface area contributed by atoms with E-state index in [4.69, 9.17) is 43.0 Å². The molecule has 4 unspecified atom stereocenters. The molecule has 0 amide bonds. The fourth-order valence-electron chi connectivity index (χ4n) is 2.82. The van der Waals surface area contributed by atoms with Crippen LogP contribution in [0, 0.1) is 0 Å². The third kappa shape index (κ3) is 32.5. The monoisotopic (exact) mass is 684 g/mol. The Morgan fingerprint density at radius 3 is 1.29 bits per heavy atom. The molecule has 0 spiro atoms. The normalized spacial score (nSPS) is 18.2. The Balaban J connectivity index is 0.000000886. The summed E-state index contributed by atoms with van der Waals surface area (Å²) in [5.74, 6) is -2.07. The second kappa shape index (κ2) is 32.1. The molecule has 48 heavy (non-hydrogen) atoms. The van der Waals surface area contributed by atoms with Crippen molar-refractivity contribution in [2.75, 3.05) is 79.3 Å². The van der Waals surface area contributed by atoms with Crippen LogP contribution in [-0.4, -0.2) is 137 Å². The van der Waals surface area contributed by atoms with Gasteiger partial charge in [0.05, 0.1) is 79.3 Å². The Labute approximate surface area is 282 Å². The van der Waals surface area contributed by atoms with E-state index in [-0.39, 0.29) is 39.6 Å². The molecule has 0 aliphatic carbocycles. The summed E-state index contributed by atoms with van der Waals surface area (Å²) < 4.78 is 41.1. The van der Waals surface area contributed by atoms with Crippen LogP contribution in [0.25, 0.3) is 0 Å². The summed E-state index contributed by atoms with van der Waals surface area (Å²) in [6, 6.07) is 0. The number of allylic oxidation sites excluding steroid dienone is 9. The summed E-state index contributed by atoms with van der Waals surface area (Å²) >= 11 is 0. The van der Waals surface area contributed by atoms with Gasteiger partial charge in [-0.15, -0.1) is 0 Å². The number of aliphatic carboxylic acids is 1. The summed E-state index contributed by atoms with van der Waals surface area (Å²) in [4.78, 5) is 32.7. The van der Waals surface area contributed by atoms with Gasteiger partial charge in [0.15, 0.2) is 0 Å². The van der Waals surface area contributed by atoms with Crippen LogP contribution in [-0.2, 0) is 52.3 Å². The minimum Gasteiger partial charge on any atom is -0.478 e. The third-order valence-electron chi connectivity index (χ3n) is 5.35. The molecule has 3 N–H and O–H groups in total. The van der Waals surface area contributed by atoms with Crippen LogP contribution in [0.15, 0.2) is 72.9 Å². The zero-order valence-corrected chi connectivity index (χ0v) is 28.1. The van der Waals surface area contributed by atoms with Crippen molar-refractivity contribution in [3.63, 3.8) is 0 Å². The molecule has 2 heterocycles. The molecule has 2 rings (SSSR count). The molecule has 0 aromatic rings. The first kappa shape index (κ1) is 44.5. The van der Waals surface area contributed by atoms with E-state index in [0.717, 1.165) is 19.3 Å². The SMILES string of the molecule is C(COCC1CO1)OCC1CO1.C/C=C/C=C/C(=O)O.C/C=C/C=C/C(=O)OC(CO)COCCOCC(CO)OC(=O)/C=C/C=C/C. The first-order valence-electron chi connectivity index (χ1n) is 15.6. The van der Waals surface area contributed by atoms with Crippen LogP contribution in [0.5, 0.6) is 0 Å². The van der Waals surface area contributed by atoms with Crippen molar-refractivity contribution in [3.05, 3.63) is 72.9 Å². The van der Waals surface area contributed by atoms with Crippen molar-refractivity contribution >= 4 is 17.9 Å². The lowest BCUT2D eigenvalue weighted by atomic mass is 10.4. The summed E-state index contributed by atoms with van der Waals surface area (Å²) in [5, 5.41) is 26.4. The van der Waals surface area contributed by atoms with Crippen molar-refractivity contribution in [2.45, 2.75) is 45.2 Å². The number of rotatable bonds is 24. The average Bonchev–Trinajstić information content (AvgIpc) is 4.01. The van der Waals surface area contributed by atoms with E-state index in [2.05, 4.69) is 0 Å². The molecule has 2 fully saturated rings. The Kier molecular flexibility index (Phi) is 29.8. The third-order valence-corrected chi connectivity index (χ3v) is 5.35. The van der Waals surface area contributed by atoms with Gasteiger partial charge < -0.3 is 53.2 Å². The predicted molar refractivity (Wildman–Crippen MR) is 176 cm³/mol. The van der Waals surface area contributed by atoms with E-state index in [0.29, 0.717) is 38.6 Å². The van der Waals surface area contributed by atoms with Gasteiger partial charge in [-0.1, -0.05) is 54.7 Å². The largest absolute Gasteiger partial charge is 0.478 e. The zero-order valence-electron chi connectivity index (χ0n) is 28.1. The van der Waals surface area contributed by atoms with E-state index < -0.39 is 30.1 Å². The Hall–Kier alpha value is -3.47. The Morgan fingerprint density at radius 2 is 0.979 bits per heavy atom. The van der Waals surface area contributed by atoms with Gasteiger partial charge in [-0.2, -0.15) is 0 Å². The van der Waals surface area contributed by atoms with E-state index >= 15 is 0 Å². The molecule has 0 saturated carbocycles. The number of hydrogen-bond donors (Lipinski definition) is 3. The van der Waals surface area contributed by atoms with Gasteiger partial charge in [0, 0.05) is 18.2 Å². The minimum absolute atomic E-state index is 0.0111. The number of carboxylic acids is 1. The molecular weight excluding hydrogens is 632 g/mol. The lowest BCUT2D eigenvalue weighted by molar-refractivity contribution is -0.151. The average molecular weight is 685 g/mol. The van der Waals surface area contributed by atoms with Crippen LogP contribution >= 0.6 is 0 Å². The van der Waals surface area contributed by atoms with Gasteiger partial charge in [-0.05, 0) is 20.8 Å². The lowest BCUT2D eigenvalue weighted by Crippen LogP contribution is -2.29. The second-order valence-electron chi connectivity index (χ2n) is 9.69. The van der Waals surface area contributed by atoms with Crippen LogP contribution < -0.4 is 0 Å². The zero-order chi connectivity index (χ0) is 35.7. The van der Waals surface area contributed by atoms with Crippen LogP contribution in [0.1, 0.15) is 20.8 Å². The molecule has 2 aliphatic heterocycles. The van der Waals surface area contributed by atoms with Crippen molar-refractivity contribution < 1.29 is 67.6 Å². The summed E-state index contributed by atoms with van der Waals surface area (Å²) in [5.41, 5.74) is 0. The molecule has 2 aliphatic rings. The molecule has 4 atom stereocenters. The highest BCUT2D eigenvalue weighted by Gasteiger charge is 2.23. The predicted octanol–water partition coefficient (Wildman–Crippen LogP) is 2.11.